The molecule has 4 nitrogen and oxygen atoms in total. The number of carbonyl (C=O) groups excluding carboxylic acids is 1. The third-order valence-corrected chi connectivity index (χ3v) is 3.07. The highest BCUT2D eigenvalue weighted by Crippen LogP contribution is 2.16. The summed E-state index contributed by atoms with van der Waals surface area (Å²) in [6, 6.07) is 7.01. The molecule has 5 heteroatoms. The van der Waals surface area contributed by atoms with Gasteiger partial charge < -0.3 is 15.4 Å². The van der Waals surface area contributed by atoms with Gasteiger partial charge in [0.05, 0.1) is 0 Å². The molecular formula is C14H17ClN2O2. The molecule has 0 saturated heterocycles. The van der Waals surface area contributed by atoms with Crippen molar-refractivity contribution in [3.05, 3.63) is 40.9 Å². The Hall–Kier alpha value is -1.52. The Bertz CT molecular complexity index is 474. The van der Waals surface area contributed by atoms with Crippen molar-refractivity contribution in [3.63, 3.8) is 0 Å². The lowest BCUT2D eigenvalue weighted by molar-refractivity contribution is -0.122. The van der Waals surface area contributed by atoms with Crippen LogP contribution in [0.5, 0.6) is 5.75 Å². The number of halogens is 1. The predicted octanol–water partition coefficient (Wildman–Crippen LogP) is 1.75. The lowest BCUT2D eigenvalue weighted by atomic mass is 10.1. The van der Waals surface area contributed by atoms with Gasteiger partial charge in [-0.05, 0) is 31.2 Å². The zero-order valence-corrected chi connectivity index (χ0v) is 11.4. The van der Waals surface area contributed by atoms with E-state index < -0.39 is 0 Å². The van der Waals surface area contributed by atoms with Crippen LogP contribution in [0.4, 0.5) is 0 Å². The highest BCUT2D eigenvalue weighted by Gasteiger charge is 2.06. The molecule has 2 N–H and O–H groups in total. The summed E-state index contributed by atoms with van der Waals surface area (Å²) in [6.45, 7) is 2.45. The number of hydrogen-bond donors (Lipinski definition) is 2. The molecule has 1 aromatic carbocycles. The molecule has 0 atom stereocenters. The predicted molar refractivity (Wildman–Crippen MR) is 75.5 cm³/mol. The fourth-order valence-electron chi connectivity index (χ4n) is 1.80. The second-order valence-corrected chi connectivity index (χ2v) is 4.78. The Kier molecular flexibility index (Phi) is 5.24. The standard InChI is InChI=1S/C14H17ClN2O2/c15-12-2-1-3-13(8-12)19-10-14(18)17-9-11-4-6-16-7-5-11/h1-4,8,16H,5-7,9-10H2,(H,17,18). The molecule has 2 rings (SSSR count). The van der Waals surface area contributed by atoms with Gasteiger partial charge in [0.25, 0.3) is 5.91 Å². The van der Waals surface area contributed by atoms with E-state index in [2.05, 4.69) is 16.7 Å². The summed E-state index contributed by atoms with van der Waals surface area (Å²) in [5.74, 6) is 0.475. The van der Waals surface area contributed by atoms with Crippen LogP contribution in [0, 0.1) is 0 Å². The average molecular weight is 281 g/mol. The molecule has 0 fully saturated rings. The van der Waals surface area contributed by atoms with Gasteiger partial charge in [-0.2, -0.15) is 0 Å². The van der Waals surface area contributed by atoms with Crippen LogP contribution in [-0.4, -0.2) is 32.1 Å². The maximum atomic E-state index is 11.6. The van der Waals surface area contributed by atoms with E-state index in [9.17, 15) is 4.79 Å². The van der Waals surface area contributed by atoms with Gasteiger partial charge in [0.15, 0.2) is 6.61 Å². The van der Waals surface area contributed by atoms with Gasteiger partial charge in [0.2, 0.25) is 0 Å². The second-order valence-electron chi connectivity index (χ2n) is 4.34. The highest BCUT2D eigenvalue weighted by molar-refractivity contribution is 6.30. The molecule has 0 spiro atoms. The molecule has 1 heterocycles. The van der Waals surface area contributed by atoms with Crippen molar-refractivity contribution in [1.29, 1.82) is 0 Å². The lowest BCUT2D eigenvalue weighted by Gasteiger charge is -2.14. The van der Waals surface area contributed by atoms with Gasteiger partial charge >= 0.3 is 0 Å². The topological polar surface area (TPSA) is 50.4 Å². The van der Waals surface area contributed by atoms with E-state index >= 15 is 0 Å². The van der Waals surface area contributed by atoms with Crippen molar-refractivity contribution in [2.75, 3.05) is 26.2 Å². The van der Waals surface area contributed by atoms with Crippen molar-refractivity contribution in [2.45, 2.75) is 6.42 Å². The molecule has 0 saturated carbocycles. The fraction of sp³-hybridized carbons (Fsp3) is 0.357. The maximum Gasteiger partial charge on any atom is 0.258 e. The normalized spacial score (nSPS) is 14.7. The van der Waals surface area contributed by atoms with Crippen molar-refractivity contribution in [2.24, 2.45) is 0 Å². The Labute approximate surface area is 117 Å². The minimum atomic E-state index is -0.126. The van der Waals surface area contributed by atoms with Crippen molar-refractivity contribution in [3.8, 4) is 5.75 Å². The summed E-state index contributed by atoms with van der Waals surface area (Å²) >= 11 is 5.83. The first-order valence-electron chi connectivity index (χ1n) is 6.28. The molecule has 1 aliphatic rings. The monoisotopic (exact) mass is 280 g/mol. The Morgan fingerprint density at radius 1 is 1.47 bits per heavy atom. The third kappa shape index (κ3) is 4.93. The van der Waals surface area contributed by atoms with Crippen molar-refractivity contribution < 1.29 is 9.53 Å². The number of nitrogens with one attached hydrogen (secondary N) is 2. The number of ether oxygens (including phenoxy) is 1. The molecule has 0 unspecified atom stereocenters. The molecule has 1 amide bonds. The summed E-state index contributed by atoms with van der Waals surface area (Å²) in [7, 11) is 0. The van der Waals surface area contributed by atoms with Crippen molar-refractivity contribution in [1.82, 2.24) is 10.6 Å². The maximum absolute atomic E-state index is 11.6. The SMILES string of the molecule is O=C(COc1cccc(Cl)c1)NCC1=CCNCC1. The minimum Gasteiger partial charge on any atom is -0.484 e. The fourth-order valence-corrected chi connectivity index (χ4v) is 1.98. The summed E-state index contributed by atoms with van der Waals surface area (Å²) in [4.78, 5) is 11.6. The molecule has 0 aliphatic carbocycles. The number of rotatable bonds is 5. The molecule has 102 valence electrons. The first kappa shape index (κ1) is 13.9. The third-order valence-electron chi connectivity index (χ3n) is 2.84. The molecule has 1 aromatic rings. The van der Waals surface area contributed by atoms with E-state index in [0.29, 0.717) is 17.3 Å². The first-order chi connectivity index (χ1) is 9.24. The first-order valence-corrected chi connectivity index (χ1v) is 6.65. The van der Waals surface area contributed by atoms with E-state index in [0.717, 1.165) is 19.5 Å². The van der Waals surface area contributed by atoms with Crippen LogP contribution in [0.1, 0.15) is 6.42 Å². The van der Waals surface area contributed by atoms with Crippen LogP contribution in [0.3, 0.4) is 0 Å². The molecule has 0 bridgehead atoms. The number of amides is 1. The summed E-state index contributed by atoms with van der Waals surface area (Å²) < 4.78 is 5.36. The van der Waals surface area contributed by atoms with Gasteiger partial charge in [0, 0.05) is 18.1 Å². The van der Waals surface area contributed by atoms with Crippen LogP contribution in [0.2, 0.25) is 5.02 Å². The molecule has 0 radical (unpaired) electrons. The van der Waals surface area contributed by atoms with Crippen molar-refractivity contribution >= 4 is 17.5 Å². The minimum absolute atomic E-state index is 0.00583. The molecule has 19 heavy (non-hydrogen) atoms. The lowest BCUT2D eigenvalue weighted by Crippen LogP contribution is -2.32. The quantitative estimate of drug-likeness (QED) is 0.808. The molecule has 1 aliphatic heterocycles. The van der Waals surface area contributed by atoms with Crippen LogP contribution in [0.25, 0.3) is 0 Å². The molecule has 0 aromatic heterocycles. The summed E-state index contributed by atoms with van der Waals surface area (Å²) in [5.41, 5.74) is 1.26. The highest BCUT2D eigenvalue weighted by atomic mass is 35.5. The number of benzene rings is 1. The van der Waals surface area contributed by atoms with E-state index in [1.807, 2.05) is 0 Å². The van der Waals surface area contributed by atoms with Gasteiger partial charge in [-0.15, -0.1) is 0 Å². The summed E-state index contributed by atoms with van der Waals surface area (Å²) in [6.07, 6.45) is 3.09. The van der Waals surface area contributed by atoms with E-state index in [1.54, 1.807) is 24.3 Å². The van der Waals surface area contributed by atoms with Gasteiger partial charge in [0.1, 0.15) is 5.75 Å². The van der Waals surface area contributed by atoms with Gasteiger partial charge in [-0.25, -0.2) is 0 Å². The largest absolute Gasteiger partial charge is 0.484 e. The second kappa shape index (κ2) is 7.16. The Balaban J connectivity index is 1.71. The zero-order valence-electron chi connectivity index (χ0n) is 10.6. The van der Waals surface area contributed by atoms with E-state index in [-0.39, 0.29) is 12.5 Å². The van der Waals surface area contributed by atoms with Gasteiger partial charge in [-0.3, -0.25) is 4.79 Å². The van der Waals surface area contributed by atoms with Crippen LogP contribution < -0.4 is 15.4 Å². The van der Waals surface area contributed by atoms with E-state index in [4.69, 9.17) is 16.3 Å². The number of hydrogen-bond acceptors (Lipinski definition) is 3. The van der Waals surface area contributed by atoms with Crippen LogP contribution in [-0.2, 0) is 4.79 Å². The Morgan fingerprint density at radius 3 is 3.11 bits per heavy atom. The number of carbonyl (C=O) groups is 1. The van der Waals surface area contributed by atoms with Crippen LogP contribution in [0.15, 0.2) is 35.9 Å². The van der Waals surface area contributed by atoms with Crippen LogP contribution >= 0.6 is 11.6 Å². The molecular weight excluding hydrogens is 264 g/mol. The smallest absolute Gasteiger partial charge is 0.258 e. The van der Waals surface area contributed by atoms with E-state index in [1.165, 1.54) is 5.57 Å². The Morgan fingerprint density at radius 2 is 2.37 bits per heavy atom. The summed E-state index contributed by atoms with van der Waals surface area (Å²) in [5, 5.41) is 6.67. The van der Waals surface area contributed by atoms with Gasteiger partial charge in [-0.1, -0.05) is 29.3 Å². The zero-order chi connectivity index (χ0) is 13.5. The average Bonchev–Trinajstić information content (AvgIpc) is 2.44.